The van der Waals surface area contributed by atoms with Gasteiger partial charge in [-0.05, 0) is 26.7 Å². The summed E-state index contributed by atoms with van der Waals surface area (Å²) < 4.78 is 5.49. The van der Waals surface area contributed by atoms with Crippen LogP contribution in [0.2, 0.25) is 0 Å². The lowest BCUT2D eigenvalue weighted by atomic mass is 9.98. The van der Waals surface area contributed by atoms with Crippen molar-refractivity contribution >= 4 is 23.2 Å². The van der Waals surface area contributed by atoms with Crippen LogP contribution in [-0.4, -0.2) is 46.6 Å². The van der Waals surface area contributed by atoms with E-state index in [4.69, 9.17) is 9.84 Å². The highest BCUT2D eigenvalue weighted by atomic mass is 32.1. The van der Waals surface area contributed by atoms with Gasteiger partial charge in [0.15, 0.2) is 0 Å². The Hall–Kier alpha value is -1.47. The molecule has 0 aliphatic carbocycles. The Morgan fingerprint density at radius 1 is 1.59 bits per heavy atom. The predicted octanol–water partition coefficient (Wildman–Crippen LogP) is 2.11. The molecule has 1 saturated heterocycles. The van der Waals surface area contributed by atoms with Crippen LogP contribution in [0.5, 0.6) is 0 Å². The lowest BCUT2D eigenvalue weighted by Gasteiger charge is -2.30. The number of carbonyl (C=O) groups is 2. The van der Waals surface area contributed by atoms with Gasteiger partial charge in [-0.1, -0.05) is 0 Å². The summed E-state index contributed by atoms with van der Waals surface area (Å²) in [6.07, 6.45) is 1.55. The molecule has 0 saturated carbocycles. The van der Waals surface area contributed by atoms with E-state index in [9.17, 15) is 9.59 Å². The molecular weight excluding hydrogens is 304 g/mol. The third-order valence-electron chi connectivity index (χ3n) is 3.79. The van der Waals surface area contributed by atoms with E-state index in [2.05, 4.69) is 4.98 Å². The SMILES string of the molecule is CCO[C@H](C)c1nc(CC(=O)N2CCC[C@@H](C(=O)O)C2)cs1. The maximum absolute atomic E-state index is 12.3. The van der Waals surface area contributed by atoms with E-state index >= 15 is 0 Å². The van der Waals surface area contributed by atoms with Crippen molar-refractivity contribution in [1.29, 1.82) is 0 Å². The Bertz CT molecular complexity index is 531. The molecule has 122 valence electrons. The zero-order chi connectivity index (χ0) is 16.1. The molecule has 0 aromatic carbocycles. The Balaban J connectivity index is 1.93. The van der Waals surface area contributed by atoms with Gasteiger partial charge in [0, 0.05) is 25.1 Å². The van der Waals surface area contributed by atoms with Gasteiger partial charge >= 0.3 is 5.97 Å². The summed E-state index contributed by atoms with van der Waals surface area (Å²) in [4.78, 5) is 29.5. The lowest BCUT2D eigenvalue weighted by molar-refractivity contribution is -0.145. The van der Waals surface area contributed by atoms with Crippen LogP contribution in [0.25, 0.3) is 0 Å². The van der Waals surface area contributed by atoms with Crippen LogP contribution in [-0.2, 0) is 20.7 Å². The molecule has 0 unspecified atom stereocenters. The standard InChI is InChI=1S/C15H22N2O4S/c1-3-21-10(2)14-16-12(9-22-14)7-13(18)17-6-4-5-11(8-17)15(19)20/h9-11H,3-8H2,1-2H3,(H,19,20)/t10-,11-/m1/s1. The molecule has 2 atom stereocenters. The number of aromatic nitrogens is 1. The quantitative estimate of drug-likeness (QED) is 0.866. The van der Waals surface area contributed by atoms with Crippen LogP contribution >= 0.6 is 11.3 Å². The van der Waals surface area contributed by atoms with Gasteiger partial charge in [-0.15, -0.1) is 11.3 Å². The molecule has 1 N–H and O–H groups in total. The first kappa shape index (κ1) is 16.9. The average Bonchev–Trinajstić information content (AvgIpc) is 2.96. The number of carbonyl (C=O) groups excluding carboxylic acids is 1. The number of ether oxygens (including phenoxy) is 1. The van der Waals surface area contributed by atoms with Gasteiger partial charge in [0.25, 0.3) is 0 Å². The number of carboxylic acid groups (broad SMARTS) is 1. The van der Waals surface area contributed by atoms with Crippen LogP contribution in [0.4, 0.5) is 0 Å². The molecule has 1 aliphatic heterocycles. The van der Waals surface area contributed by atoms with Crippen molar-refractivity contribution in [3.05, 3.63) is 16.1 Å². The lowest BCUT2D eigenvalue weighted by Crippen LogP contribution is -2.43. The van der Waals surface area contributed by atoms with Gasteiger partial charge in [0.2, 0.25) is 5.91 Å². The summed E-state index contributed by atoms with van der Waals surface area (Å²) in [5.74, 6) is -1.31. The topological polar surface area (TPSA) is 79.7 Å². The number of thiazole rings is 1. The van der Waals surface area contributed by atoms with Crippen LogP contribution in [0, 0.1) is 5.92 Å². The summed E-state index contributed by atoms with van der Waals surface area (Å²) in [5.41, 5.74) is 0.731. The van der Waals surface area contributed by atoms with Crippen molar-refractivity contribution in [2.75, 3.05) is 19.7 Å². The number of hydrogen-bond donors (Lipinski definition) is 1. The van der Waals surface area contributed by atoms with Gasteiger partial charge in [-0.2, -0.15) is 0 Å². The van der Waals surface area contributed by atoms with Crippen LogP contribution in [0.1, 0.15) is 43.5 Å². The average molecular weight is 326 g/mol. The summed E-state index contributed by atoms with van der Waals surface area (Å²) in [6.45, 7) is 5.44. The molecule has 7 heteroatoms. The summed E-state index contributed by atoms with van der Waals surface area (Å²) in [5, 5.41) is 11.8. The first-order valence-electron chi connectivity index (χ1n) is 7.57. The van der Waals surface area contributed by atoms with Gasteiger partial charge in [0.1, 0.15) is 11.1 Å². The zero-order valence-electron chi connectivity index (χ0n) is 12.9. The molecule has 0 spiro atoms. The number of carboxylic acids is 1. The highest BCUT2D eigenvalue weighted by Crippen LogP contribution is 2.22. The highest BCUT2D eigenvalue weighted by molar-refractivity contribution is 7.09. The number of rotatable bonds is 6. The summed E-state index contributed by atoms with van der Waals surface area (Å²) in [7, 11) is 0. The van der Waals surface area contributed by atoms with Gasteiger partial charge in [-0.25, -0.2) is 4.98 Å². The predicted molar refractivity (Wildman–Crippen MR) is 82.8 cm³/mol. The van der Waals surface area contributed by atoms with Gasteiger partial charge < -0.3 is 14.7 Å². The molecule has 2 rings (SSSR count). The smallest absolute Gasteiger partial charge is 0.308 e. The summed E-state index contributed by atoms with van der Waals surface area (Å²) in [6, 6.07) is 0. The number of amides is 1. The fraction of sp³-hybridized carbons (Fsp3) is 0.667. The second-order valence-electron chi connectivity index (χ2n) is 5.47. The summed E-state index contributed by atoms with van der Waals surface area (Å²) >= 11 is 1.49. The Morgan fingerprint density at radius 3 is 3.05 bits per heavy atom. The molecule has 0 radical (unpaired) electrons. The van der Waals surface area contributed by atoms with Crippen LogP contribution < -0.4 is 0 Å². The maximum Gasteiger partial charge on any atom is 0.308 e. The van der Waals surface area contributed by atoms with Crippen molar-refractivity contribution in [3.8, 4) is 0 Å². The fourth-order valence-corrected chi connectivity index (χ4v) is 3.41. The minimum atomic E-state index is -0.820. The number of hydrogen-bond acceptors (Lipinski definition) is 5. The minimum absolute atomic E-state index is 0.0492. The molecule has 1 aromatic heterocycles. The van der Waals surface area contributed by atoms with E-state index in [1.165, 1.54) is 11.3 Å². The van der Waals surface area contributed by atoms with Crippen molar-refractivity contribution in [2.24, 2.45) is 5.92 Å². The van der Waals surface area contributed by atoms with E-state index in [0.29, 0.717) is 26.1 Å². The number of piperidine rings is 1. The number of nitrogens with zero attached hydrogens (tertiary/aromatic N) is 2. The molecule has 2 heterocycles. The van der Waals surface area contributed by atoms with E-state index in [1.807, 2.05) is 19.2 Å². The molecule has 1 aromatic rings. The second kappa shape index (κ2) is 7.69. The Morgan fingerprint density at radius 2 is 2.36 bits per heavy atom. The third-order valence-corrected chi connectivity index (χ3v) is 4.84. The molecule has 22 heavy (non-hydrogen) atoms. The minimum Gasteiger partial charge on any atom is -0.481 e. The fourth-order valence-electron chi connectivity index (χ4n) is 2.58. The highest BCUT2D eigenvalue weighted by Gasteiger charge is 2.28. The monoisotopic (exact) mass is 326 g/mol. The van der Waals surface area contributed by atoms with Crippen molar-refractivity contribution in [3.63, 3.8) is 0 Å². The second-order valence-corrected chi connectivity index (χ2v) is 6.36. The van der Waals surface area contributed by atoms with Gasteiger partial charge in [0.05, 0.1) is 18.0 Å². The van der Waals surface area contributed by atoms with E-state index in [-0.39, 0.29) is 18.4 Å². The van der Waals surface area contributed by atoms with Gasteiger partial charge in [-0.3, -0.25) is 9.59 Å². The largest absolute Gasteiger partial charge is 0.481 e. The van der Waals surface area contributed by atoms with Crippen molar-refractivity contribution in [1.82, 2.24) is 9.88 Å². The van der Waals surface area contributed by atoms with Crippen LogP contribution in [0.15, 0.2) is 5.38 Å². The van der Waals surface area contributed by atoms with E-state index < -0.39 is 11.9 Å². The Labute approximate surface area is 134 Å². The molecule has 0 bridgehead atoms. The van der Waals surface area contributed by atoms with E-state index in [0.717, 1.165) is 17.1 Å². The molecular formula is C15H22N2O4S. The Kier molecular flexibility index (Phi) is 5.90. The molecule has 1 aliphatic rings. The first-order valence-corrected chi connectivity index (χ1v) is 8.45. The number of aliphatic carboxylic acids is 1. The third kappa shape index (κ3) is 4.27. The zero-order valence-corrected chi connectivity index (χ0v) is 13.8. The van der Waals surface area contributed by atoms with Crippen molar-refractivity contribution < 1.29 is 19.4 Å². The van der Waals surface area contributed by atoms with E-state index in [1.54, 1.807) is 4.90 Å². The number of likely N-dealkylation sites (tertiary alicyclic amines) is 1. The van der Waals surface area contributed by atoms with Crippen molar-refractivity contribution in [2.45, 2.75) is 39.2 Å². The molecule has 1 fully saturated rings. The first-order chi connectivity index (χ1) is 10.5. The molecule has 1 amide bonds. The maximum atomic E-state index is 12.3. The normalized spacial score (nSPS) is 19.9. The molecule has 6 nitrogen and oxygen atoms in total. The van der Waals surface area contributed by atoms with Crippen LogP contribution in [0.3, 0.4) is 0 Å².